The van der Waals surface area contributed by atoms with Crippen LogP contribution in [0.15, 0.2) is 51.8 Å². The number of halogens is 2. The maximum atomic E-state index is 13.1. The Balaban J connectivity index is 2.27. The van der Waals surface area contributed by atoms with Crippen LogP contribution in [-0.2, 0) is 16.6 Å². The van der Waals surface area contributed by atoms with Crippen molar-refractivity contribution in [3.8, 4) is 0 Å². The maximum absolute atomic E-state index is 13.1. The number of hydrogen-bond donors (Lipinski definition) is 1. The molecule has 0 aliphatic heterocycles. The number of nitrogens with two attached hydrogens (primary N) is 1. The summed E-state index contributed by atoms with van der Waals surface area (Å²) in [6.45, 7) is 0. The molecule has 2 rings (SSSR count). The van der Waals surface area contributed by atoms with Gasteiger partial charge in [0.25, 0.3) is 0 Å². The Labute approximate surface area is 116 Å². The van der Waals surface area contributed by atoms with Gasteiger partial charge in [-0.3, -0.25) is 4.21 Å². The molecule has 0 amide bonds. The van der Waals surface area contributed by atoms with Gasteiger partial charge in [-0.25, -0.2) is 4.39 Å². The standard InChI is InChI=1S/C13H11BrFNOS/c14-11-3-1-2-4-13(11)18(17)8-9-7-10(15)5-6-12(9)16/h1-7H,8,16H2. The van der Waals surface area contributed by atoms with Crippen LogP contribution in [0, 0.1) is 5.82 Å². The van der Waals surface area contributed by atoms with E-state index in [2.05, 4.69) is 15.9 Å². The van der Waals surface area contributed by atoms with Gasteiger partial charge in [-0.05, 0) is 51.8 Å². The molecule has 0 aliphatic carbocycles. The molecule has 0 saturated heterocycles. The highest BCUT2D eigenvalue weighted by Gasteiger charge is 2.11. The van der Waals surface area contributed by atoms with Crippen LogP contribution >= 0.6 is 15.9 Å². The molecule has 1 atom stereocenters. The van der Waals surface area contributed by atoms with Gasteiger partial charge in [0.1, 0.15) is 5.82 Å². The van der Waals surface area contributed by atoms with E-state index in [9.17, 15) is 8.60 Å². The Morgan fingerprint density at radius 2 is 1.94 bits per heavy atom. The quantitative estimate of drug-likeness (QED) is 0.877. The van der Waals surface area contributed by atoms with Gasteiger partial charge in [-0.2, -0.15) is 0 Å². The van der Waals surface area contributed by atoms with Crippen LogP contribution in [0.3, 0.4) is 0 Å². The van der Waals surface area contributed by atoms with Crippen LogP contribution in [0.4, 0.5) is 10.1 Å². The summed E-state index contributed by atoms with van der Waals surface area (Å²) in [5.41, 5.74) is 6.76. The average molecular weight is 328 g/mol. The molecule has 2 aromatic rings. The van der Waals surface area contributed by atoms with E-state index in [1.807, 2.05) is 18.2 Å². The zero-order valence-electron chi connectivity index (χ0n) is 9.40. The first-order valence-corrected chi connectivity index (χ1v) is 7.36. The number of benzene rings is 2. The van der Waals surface area contributed by atoms with Gasteiger partial charge < -0.3 is 5.73 Å². The predicted molar refractivity (Wildman–Crippen MR) is 75.1 cm³/mol. The minimum atomic E-state index is -1.26. The summed E-state index contributed by atoms with van der Waals surface area (Å²) in [6.07, 6.45) is 0. The highest BCUT2D eigenvalue weighted by atomic mass is 79.9. The smallest absolute Gasteiger partial charge is 0.123 e. The summed E-state index contributed by atoms with van der Waals surface area (Å²) in [6, 6.07) is 11.4. The van der Waals surface area contributed by atoms with Crippen LogP contribution in [0.25, 0.3) is 0 Å². The number of rotatable bonds is 3. The zero-order valence-corrected chi connectivity index (χ0v) is 11.8. The summed E-state index contributed by atoms with van der Waals surface area (Å²) in [5, 5.41) is 0. The van der Waals surface area contributed by atoms with Gasteiger partial charge in [-0.1, -0.05) is 12.1 Å². The van der Waals surface area contributed by atoms with Crippen molar-refractivity contribution >= 4 is 32.4 Å². The Morgan fingerprint density at radius 1 is 1.22 bits per heavy atom. The SMILES string of the molecule is Nc1ccc(F)cc1CS(=O)c1ccccc1Br. The molecule has 94 valence electrons. The lowest BCUT2D eigenvalue weighted by atomic mass is 10.2. The Hall–Kier alpha value is -1.20. The minimum absolute atomic E-state index is 0.201. The third-order valence-electron chi connectivity index (χ3n) is 2.47. The van der Waals surface area contributed by atoms with Gasteiger partial charge >= 0.3 is 0 Å². The summed E-state index contributed by atoms with van der Waals surface area (Å²) < 4.78 is 26.1. The van der Waals surface area contributed by atoms with Gasteiger partial charge in [0.05, 0.1) is 21.4 Å². The molecule has 0 aliphatic rings. The van der Waals surface area contributed by atoms with Crippen LogP contribution in [0.1, 0.15) is 5.56 Å². The van der Waals surface area contributed by atoms with Gasteiger partial charge in [0.15, 0.2) is 0 Å². The van der Waals surface area contributed by atoms with Crippen molar-refractivity contribution in [3.05, 3.63) is 58.3 Å². The van der Waals surface area contributed by atoms with E-state index in [0.717, 1.165) is 4.47 Å². The first-order chi connectivity index (χ1) is 8.58. The molecule has 0 aromatic heterocycles. The molecule has 0 fully saturated rings. The zero-order chi connectivity index (χ0) is 13.1. The second-order valence-corrected chi connectivity index (χ2v) is 6.04. The molecule has 0 radical (unpaired) electrons. The van der Waals surface area contributed by atoms with Crippen molar-refractivity contribution in [2.45, 2.75) is 10.6 Å². The predicted octanol–water partition coefficient (Wildman–Crippen LogP) is 3.48. The average Bonchev–Trinajstić information content (AvgIpc) is 2.34. The molecule has 0 bridgehead atoms. The molecule has 2 nitrogen and oxygen atoms in total. The molecule has 5 heteroatoms. The van der Waals surface area contributed by atoms with Crippen molar-refractivity contribution in [3.63, 3.8) is 0 Å². The monoisotopic (exact) mass is 327 g/mol. The molecule has 0 heterocycles. The van der Waals surface area contributed by atoms with Gasteiger partial charge in [0, 0.05) is 10.2 Å². The molecular weight excluding hydrogens is 317 g/mol. The van der Waals surface area contributed by atoms with Crippen molar-refractivity contribution in [2.75, 3.05) is 5.73 Å². The third-order valence-corrected chi connectivity index (χ3v) is 4.85. The Morgan fingerprint density at radius 3 is 2.67 bits per heavy atom. The van der Waals surface area contributed by atoms with E-state index in [1.165, 1.54) is 18.2 Å². The molecule has 2 N–H and O–H groups in total. The lowest BCUT2D eigenvalue weighted by Gasteiger charge is -2.07. The highest BCUT2D eigenvalue weighted by Crippen LogP contribution is 2.24. The molecule has 0 spiro atoms. The van der Waals surface area contributed by atoms with Gasteiger partial charge in [0.2, 0.25) is 0 Å². The molecule has 0 saturated carbocycles. The highest BCUT2D eigenvalue weighted by molar-refractivity contribution is 9.10. The van der Waals surface area contributed by atoms with E-state index in [-0.39, 0.29) is 11.6 Å². The lowest BCUT2D eigenvalue weighted by molar-refractivity contribution is 0.626. The second-order valence-electron chi connectivity index (χ2n) is 3.76. The van der Waals surface area contributed by atoms with Crippen molar-refractivity contribution in [1.29, 1.82) is 0 Å². The Kier molecular flexibility index (Phi) is 4.14. The third kappa shape index (κ3) is 2.97. The summed E-state index contributed by atoms with van der Waals surface area (Å²) in [4.78, 5) is 0.682. The van der Waals surface area contributed by atoms with Crippen molar-refractivity contribution < 1.29 is 8.60 Å². The van der Waals surface area contributed by atoms with E-state index in [1.54, 1.807) is 6.07 Å². The summed E-state index contributed by atoms with van der Waals surface area (Å²) in [7, 11) is -1.26. The maximum Gasteiger partial charge on any atom is 0.123 e. The normalized spacial score (nSPS) is 12.3. The topological polar surface area (TPSA) is 43.1 Å². The Bertz CT molecular complexity index is 603. The lowest BCUT2D eigenvalue weighted by Crippen LogP contribution is -2.01. The van der Waals surface area contributed by atoms with Gasteiger partial charge in [-0.15, -0.1) is 0 Å². The fourth-order valence-electron chi connectivity index (χ4n) is 1.55. The number of hydrogen-bond acceptors (Lipinski definition) is 2. The van der Waals surface area contributed by atoms with Crippen molar-refractivity contribution in [1.82, 2.24) is 0 Å². The van der Waals surface area contributed by atoms with E-state index in [4.69, 9.17) is 5.73 Å². The van der Waals surface area contributed by atoms with Crippen LogP contribution in [0.2, 0.25) is 0 Å². The summed E-state index contributed by atoms with van der Waals surface area (Å²) in [5.74, 6) is -0.171. The van der Waals surface area contributed by atoms with Crippen LogP contribution in [0.5, 0.6) is 0 Å². The molecule has 18 heavy (non-hydrogen) atoms. The number of nitrogen functional groups attached to an aromatic ring is 1. The first-order valence-electron chi connectivity index (χ1n) is 5.25. The van der Waals surface area contributed by atoms with Crippen LogP contribution in [-0.4, -0.2) is 4.21 Å². The van der Waals surface area contributed by atoms with Crippen molar-refractivity contribution in [2.24, 2.45) is 0 Å². The fraction of sp³-hybridized carbons (Fsp3) is 0.0769. The van der Waals surface area contributed by atoms with E-state index >= 15 is 0 Å². The molecule has 2 aromatic carbocycles. The number of anilines is 1. The molecular formula is C13H11BrFNOS. The van der Waals surface area contributed by atoms with E-state index in [0.29, 0.717) is 16.1 Å². The first kappa shape index (κ1) is 13.2. The minimum Gasteiger partial charge on any atom is -0.398 e. The molecule has 1 unspecified atom stereocenters. The van der Waals surface area contributed by atoms with E-state index < -0.39 is 10.8 Å². The fourth-order valence-corrected chi connectivity index (χ4v) is 3.58. The van der Waals surface area contributed by atoms with Crippen LogP contribution < -0.4 is 5.73 Å². The largest absolute Gasteiger partial charge is 0.398 e. The summed E-state index contributed by atoms with van der Waals surface area (Å²) >= 11 is 3.34. The second kappa shape index (κ2) is 5.63.